The van der Waals surface area contributed by atoms with Crippen molar-refractivity contribution in [1.29, 1.82) is 0 Å². The van der Waals surface area contributed by atoms with E-state index in [1.165, 1.54) is 5.56 Å². The van der Waals surface area contributed by atoms with E-state index in [2.05, 4.69) is 5.10 Å². The largest absolute Gasteiger partial charge is 0.481 e. The Kier molecular flexibility index (Phi) is 2.49. The second kappa shape index (κ2) is 3.95. The van der Waals surface area contributed by atoms with Gasteiger partial charge in [-0.15, -0.1) is 0 Å². The molecule has 1 fully saturated rings. The summed E-state index contributed by atoms with van der Waals surface area (Å²) in [7, 11) is 0. The predicted octanol–water partition coefficient (Wildman–Crippen LogP) is 2.61. The fraction of sp³-hybridized carbons (Fsp3) is 0.333. The van der Waals surface area contributed by atoms with Crippen LogP contribution in [0.5, 0.6) is 0 Å². The molecule has 1 aromatic heterocycles. The van der Waals surface area contributed by atoms with Crippen LogP contribution in [0.2, 0.25) is 0 Å². The Morgan fingerprint density at radius 2 is 1.89 bits per heavy atom. The molecule has 0 atom stereocenters. The number of aliphatic carboxylic acids is 1. The van der Waals surface area contributed by atoms with E-state index >= 15 is 0 Å². The number of rotatable bonds is 3. The third-order valence-corrected chi connectivity index (χ3v) is 3.82. The van der Waals surface area contributed by atoms with Crippen LogP contribution < -0.4 is 0 Å². The lowest BCUT2D eigenvalue weighted by molar-refractivity contribution is -0.140. The van der Waals surface area contributed by atoms with E-state index < -0.39 is 11.4 Å². The average molecular weight is 256 g/mol. The van der Waals surface area contributed by atoms with Gasteiger partial charge in [0.25, 0.3) is 0 Å². The van der Waals surface area contributed by atoms with Gasteiger partial charge in [0.2, 0.25) is 0 Å². The van der Waals surface area contributed by atoms with E-state index in [0.717, 1.165) is 11.4 Å². The van der Waals surface area contributed by atoms with Crippen LogP contribution in [0.4, 0.5) is 0 Å². The average Bonchev–Trinajstić information content (AvgIpc) is 3.10. The molecule has 0 saturated heterocycles. The van der Waals surface area contributed by atoms with Gasteiger partial charge in [-0.25, -0.2) is 4.68 Å². The highest BCUT2D eigenvalue weighted by atomic mass is 16.4. The quantitative estimate of drug-likeness (QED) is 0.918. The number of aryl methyl sites for hydroxylation is 2. The van der Waals surface area contributed by atoms with E-state index in [4.69, 9.17) is 0 Å². The smallest absolute Gasteiger partial charge is 0.315 e. The normalized spacial score (nSPS) is 16.3. The Bertz CT molecular complexity index is 637. The summed E-state index contributed by atoms with van der Waals surface area (Å²) < 4.78 is 1.82. The molecular formula is C15H16N2O2. The SMILES string of the molecule is Cc1ccc(-n2nc(C3(C(=O)O)CC3)cc2C)cc1. The first-order chi connectivity index (χ1) is 9.03. The number of nitrogens with zero attached hydrogens (tertiary/aromatic N) is 2. The van der Waals surface area contributed by atoms with Crippen LogP contribution in [0.3, 0.4) is 0 Å². The van der Waals surface area contributed by atoms with Gasteiger partial charge in [0.15, 0.2) is 0 Å². The molecule has 0 radical (unpaired) electrons. The standard InChI is InChI=1S/C15H16N2O2/c1-10-3-5-12(6-4-10)17-11(2)9-13(16-17)15(7-8-15)14(18)19/h3-6,9H,7-8H2,1-2H3,(H,18,19). The molecule has 1 aliphatic rings. The minimum Gasteiger partial charge on any atom is -0.481 e. The zero-order valence-corrected chi connectivity index (χ0v) is 11.1. The summed E-state index contributed by atoms with van der Waals surface area (Å²) in [6.45, 7) is 3.99. The third kappa shape index (κ3) is 1.84. The van der Waals surface area contributed by atoms with Gasteiger partial charge in [0.05, 0.1) is 11.4 Å². The first-order valence-corrected chi connectivity index (χ1v) is 6.40. The monoisotopic (exact) mass is 256 g/mol. The van der Waals surface area contributed by atoms with Gasteiger partial charge >= 0.3 is 5.97 Å². The summed E-state index contributed by atoms with van der Waals surface area (Å²) in [5, 5.41) is 13.8. The Morgan fingerprint density at radius 1 is 1.26 bits per heavy atom. The number of carbonyl (C=O) groups is 1. The second-order valence-corrected chi connectivity index (χ2v) is 5.31. The minimum absolute atomic E-state index is 0.679. The van der Waals surface area contributed by atoms with Crippen molar-refractivity contribution in [2.24, 2.45) is 0 Å². The molecule has 98 valence electrons. The second-order valence-electron chi connectivity index (χ2n) is 5.31. The highest BCUT2D eigenvalue weighted by Gasteiger charge is 2.53. The summed E-state index contributed by atoms with van der Waals surface area (Å²) in [4.78, 5) is 11.3. The van der Waals surface area contributed by atoms with Crippen LogP contribution in [0.1, 0.15) is 29.8 Å². The van der Waals surface area contributed by atoms with Crippen LogP contribution in [0.25, 0.3) is 5.69 Å². The lowest BCUT2D eigenvalue weighted by Crippen LogP contribution is -2.20. The van der Waals surface area contributed by atoms with Crippen molar-refractivity contribution >= 4 is 5.97 Å². The Labute approximate surface area is 111 Å². The van der Waals surface area contributed by atoms with Crippen LogP contribution in [-0.4, -0.2) is 20.9 Å². The summed E-state index contributed by atoms with van der Waals surface area (Å²) in [5.41, 5.74) is 3.07. The maximum absolute atomic E-state index is 11.3. The maximum atomic E-state index is 11.3. The van der Waals surface area contributed by atoms with Crippen LogP contribution in [0.15, 0.2) is 30.3 Å². The summed E-state index contributed by atoms with van der Waals surface area (Å²) in [5.74, 6) is -0.763. The van der Waals surface area contributed by atoms with E-state index in [1.807, 2.05) is 48.9 Å². The number of carboxylic acids is 1. The fourth-order valence-corrected chi connectivity index (χ4v) is 2.36. The molecule has 3 rings (SSSR count). The molecular weight excluding hydrogens is 240 g/mol. The van der Waals surface area contributed by atoms with Gasteiger partial charge < -0.3 is 5.11 Å². The molecule has 0 amide bonds. The van der Waals surface area contributed by atoms with Gasteiger partial charge in [-0.05, 0) is 44.9 Å². The molecule has 2 aromatic rings. The molecule has 19 heavy (non-hydrogen) atoms. The minimum atomic E-state index is -0.763. The van der Waals surface area contributed by atoms with E-state index in [9.17, 15) is 9.90 Å². The van der Waals surface area contributed by atoms with Gasteiger partial charge in [0.1, 0.15) is 5.41 Å². The van der Waals surface area contributed by atoms with Crippen molar-refractivity contribution < 1.29 is 9.90 Å². The Hall–Kier alpha value is -2.10. The number of carboxylic acid groups (broad SMARTS) is 1. The van der Waals surface area contributed by atoms with Gasteiger partial charge in [-0.2, -0.15) is 5.10 Å². The lowest BCUT2D eigenvalue weighted by atomic mass is 10.0. The van der Waals surface area contributed by atoms with Gasteiger partial charge in [0, 0.05) is 5.69 Å². The van der Waals surface area contributed by atoms with Crippen molar-refractivity contribution in [2.45, 2.75) is 32.1 Å². The molecule has 1 aromatic carbocycles. The number of benzene rings is 1. The maximum Gasteiger partial charge on any atom is 0.315 e. The molecule has 0 spiro atoms. The molecule has 0 aliphatic heterocycles. The fourth-order valence-electron chi connectivity index (χ4n) is 2.36. The first kappa shape index (κ1) is 12.0. The van der Waals surface area contributed by atoms with E-state index in [-0.39, 0.29) is 0 Å². The number of aromatic nitrogens is 2. The summed E-state index contributed by atoms with van der Waals surface area (Å²) in [6.07, 6.45) is 1.37. The molecule has 1 saturated carbocycles. The highest BCUT2D eigenvalue weighted by molar-refractivity contribution is 5.84. The Balaban J connectivity index is 2.03. The molecule has 1 N–H and O–H groups in total. The van der Waals surface area contributed by atoms with E-state index in [1.54, 1.807) is 0 Å². The number of hydrogen-bond donors (Lipinski definition) is 1. The molecule has 0 unspecified atom stereocenters. The van der Waals surface area contributed by atoms with Crippen molar-refractivity contribution in [2.75, 3.05) is 0 Å². The van der Waals surface area contributed by atoms with Crippen molar-refractivity contribution in [3.05, 3.63) is 47.3 Å². The van der Waals surface area contributed by atoms with Crippen LogP contribution in [0, 0.1) is 13.8 Å². The predicted molar refractivity (Wildman–Crippen MR) is 71.6 cm³/mol. The topological polar surface area (TPSA) is 55.1 Å². The van der Waals surface area contributed by atoms with Gasteiger partial charge in [-0.3, -0.25) is 4.79 Å². The lowest BCUT2D eigenvalue weighted by Gasteiger charge is -2.06. The summed E-state index contributed by atoms with van der Waals surface area (Å²) >= 11 is 0. The van der Waals surface area contributed by atoms with Gasteiger partial charge in [-0.1, -0.05) is 17.7 Å². The molecule has 4 nitrogen and oxygen atoms in total. The third-order valence-electron chi connectivity index (χ3n) is 3.82. The van der Waals surface area contributed by atoms with Crippen molar-refractivity contribution in [3.8, 4) is 5.69 Å². The molecule has 4 heteroatoms. The first-order valence-electron chi connectivity index (χ1n) is 6.40. The van der Waals surface area contributed by atoms with Crippen molar-refractivity contribution in [3.63, 3.8) is 0 Å². The zero-order valence-electron chi connectivity index (χ0n) is 11.1. The van der Waals surface area contributed by atoms with E-state index in [0.29, 0.717) is 18.5 Å². The van der Waals surface area contributed by atoms with Crippen molar-refractivity contribution in [1.82, 2.24) is 9.78 Å². The Morgan fingerprint density at radius 3 is 2.42 bits per heavy atom. The number of hydrogen-bond acceptors (Lipinski definition) is 2. The highest BCUT2D eigenvalue weighted by Crippen LogP contribution is 2.48. The van der Waals surface area contributed by atoms with Crippen LogP contribution >= 0.6 is 0 Å². The zero-order chi connectivity index (χ0) is 13.6. The molecule has 1 aliphatic carbocycles. The molecule has 1 heterocycles. The molecule has 0 bridgehead atoms. The summed E-state index contributed by atoms with van der Waals surface area (Å²) in [6, 6.07) is 9.94. The van der Waals surface area contributed by atoms with Crippen LogP contribution in [-0.2, 0) is 10.2 Å².